The number of nitrogens with one attached hydrogen (secondary N) is 6. The van der Waals surface area contributed by atoms with E-state index in [9.17, 15) is 28.8 Å². The van der Waals surface area contributed by atoms with Crippen LogP contribution in [0.4, 0.5) is 39.3 Å². The van der Waals surface area contributed by atoms with E-state index in [1.807, 2.05) is 30.3 Å². The van der Waals surface area contributed by atoms with Gasteiger partial charge in [-0.1, -0.05) is 29.8 Å². The predicted molar refractivity (Wildman–Crippen MR) is 232 cm³/mol. The number of hydrogen-bond acceptors (Lipinski definition) is 12. The summed E-state index contributed by atoms with van der Waals surface area (Å²) in [5, 5.41) is 18.3. The van der Waals surface area contributed by atoms with Gasteiger partial charge in [0, 0.05) is 113 Å². The van der Waals surface area contributed by atoms with Crippen molar-refractivity contribution in [2.45, 2.75) is 44.7 Å². The number of carbonyl (C=O) groups is 6. The van der Waals surface area contributed by atoms with Crippen LogP contribution in [0.1, 0.15) is 58.4 Å². The summed E-state index contributed by atoms with van der Waals surface area (Å²) in [6.45, 7) is 3.90. The number of benzene rings is 3. The summed E-state index contributed by atoms with van der Waals surface area (Å²) in [5.74, 6) is -0.121. The lowest BCUT2D eigenvalue weighted by atomic mass is 10.1. The zero-order valence-corrected chi connectivity index (χ0v) is 34.5. The highest BCUT2D eigenvalue weighted by Crippen LogP contribution is 2.33. The lowest BCUT2D eigenvalue weighted by Gasteiger charge is -2.36. The molecule has 1 unspecified atom stereocenters. The Labute approximate surface area is 358 Å². The first-order valence-corrected chi connectivity index (χ1v) is 20.7. The number of ketones is 2. The first-order valence-electron chi connectivity index (χ1n) is 20.3. The van der Waals surface area contributed by atoms with Gasteiger partial charge in [-0.15, -0.1) is 0 Å². The Bertz CT molecular complexity index is 2300. The monoisotopic (exact) mass is 849 g/mol. The average Bonchev–Trinajstić information content (AvgIpc) is 3.51. The second kappa shape index (κ2) is 19.6. The molecule has 3 heterocycles. The number of amides is 5. The minimum absolute atomic E-state index is 0.0376. The third-order valence-corrected chi connectivity index (χ3v) is 11.2. The Kier molecular flexibility index (Phi) is 13.7. The lowest BCUT2D eigenvalue weighted by molar-refractivity contribution is -0.124. The molecule has 2 fully saturated rings. The molecule has 318 valence electrons. The Morgan fingerprint density at radius 2 is 1.61 bits per heavy atom. The van der Waals surface area contributed by atoms with E-state index >= 15 is 0 Å². The van der Waals surface area contributed by atoms with Crippen molar-refractivity contribution in [2.24, 2.45) is 0 Å². The molecule has 1 atom stereocenters. The van der Waals surface area contributed by atoms with Crippen molar-refractivity contribution in [2.75, 3.05) is 73.7 Å². The number of hydrogen-bond donors (Lipinski definition) is 6. The Hall–Kier alpha value is -6.59. The number of anilines is 6. The van der Waals surface area contributed by atoms with Gasteiger partial charge in [0.25, 0.3) is 11.8 Å². The van der Waals surface area contributed by atoms with Gasteiger partial charge in [-0.05, 0) is 55.0 Å². The minimum atomic E-state index is -0.634. The summed E-state index contributed by atoms with van der Waals surface area (Å²) in [5.41, 5.74) is 4.45. The van der Waals surface area contributed by atoms with Gasteiger partial charge in [0.2, 0.25) is 11.9 Å². The standard InChI is InChI=1S/C43H48ClN11O6/c1-45-40(59)31-5-2-3-7-34(31)51-39-33(44)25-48-42(52-39)49-27-9-11-28(12-10-27)53-21-23-54(24-22-53)43(61)47-20-19-46-18-17-38(58)50-35-8-4-6-30-32(35)26-55(41(30)60)36-15-13-29(56)14-16-37(36)57/h2-12,25,36,46H,13-24,26H2,1H3,(H,45,59)(H,47,61)(H,50,58)(H2,48,49,51,52). The molecule has 3 aliphatic rings. The van der Waals surface area contributed by atoms with E-state index < -0.39 is 6.04 Å². The summed E-state index contributed by atoms with van der Waals surface area (Å²) in [7, 11) is 1.57. The quantitative estimate of drug-likeness (QED) is 0.0768. The number of nitrogens with zero attached hydrogens (tertiary/aromatic N) is 5. The highest BCUT2D eigenvalue weighted by atomic mass is 35.5. The van der Waals surface area contributed by atoms with E-state index in [0.29, 0.717) is 97.1 Å². The highest BCUT2D eigenvalue weighted by Gasteiger charge is 2.38. The summed E-state index contributed by atoms with van der Waals surface area (Å²) >= 11 is 6.38. The van der Waals surface area contributed by atoms with Crippen LogP contribution in [0, 0.1) is 0 Å². The topological polar surface area (TPSA) is 210 Å². The molecule has 61 heavy (non-hydrogen) atoms. The van der Waals surface area contributed by atoms with Crippen LogP contribution in [-0.2, 0) is 20.9 Å². The molecule has 2 aliphatic heterocycles. The van der Waals surface area contributed by atoms with Gasteiger partial charge < -0.3 is 46.6 Å². The van der Waals surface area contributed by atoms with E-state index in [4.69, 9.17) is 11.6 Å². The van der Waals surface area contributed by atoms with Crippen LogP contribution < -0.4 is 36.8 Å². The fraction of sp³-hybridized carbons (Fsp3) is 0.349. The van der Waals surface area contributed by atoms with E-state index in [2.05, 4.69) is 46.8 Å². The number of halogens is 1. The van der Waals surface area contributed by atoms with Gasteiger partial charge >= 0.3 is 6.03 Å². The van der Waals surface area contributed by atoms with Crippen molar-refractivity contribution in [1.82, 2.24) is 35.7 Å². The number of urea groups is 1. The van der Waals surface area contributed by atoms with Crippen molar-refractivity contribution in [3.8, 4) is 0 Å². The molecule has 0 radical (unpaired) electrons. The van der Waals surface area contributed by atoms with Crippen molar-refractivity contribution >= 4 is 81.4 Å². The third kappa shape index (κ3) is 10.4. The molecule has 5 amide bonds. The second-order valence-corrected chi connectivity index (χ2v) is 15.3. The molecule has 3 aromatic carbocycles. The summed E-state index contributed by atoms with van der Waals surface area (Å²) in [6.07, 6.45) is 2.62. The van der Waals surface area contributed by atoms with Crippen molar-refractivity contribution < 1.29 is 28.8 Å². The molecule has 18 heteroatoms. The number of carbonyl (C=O) groups excluding carboxylic acids is 6. The molecule has 1 aliphatic carbocycles. The molecular formula is C43H48ClN11O6. The van der Waals surface area contributed by atoms with E-state index in [0.717, 1.165) is 11.4 Å². The van der Waals surface area contributed by atoms with Crippen LogP contribution in [0.3, 0.4) is 0 Å². The maximum absolute atomic E-state index is 13.2. The molecule has 1 saturated carbocycles. The van der Waals surface area contributed by atoms with Crippen LogP contribution >= 0.6 is 11.6 Å². The second-order valence-electron chi connectivity index (χ2n) is 14.9. The Balaban J connectivity index is 0.798. The average molecular weight is 850 g/mol. The van der Waals surface area contributed by atoms with Gasteiger partial charge in [-0.2, -0.15) is 4.98 Å². The SMILES string of the molecule is CNC(=O)c1ccccc1Nc1nc(Nc2ccc(N3CCN(C(=O)NCCNCCC(=O)Nc4cccc5c4CN(C4CCC(=O)CCC4=O)C5=O)CC3)cc2)ncc1Cl. The van der Waals surface area contributed by atoms with Crippen molar-refractivity contribution in [3.63, 3.8) is 0 Å². The van der Waals surface area contributed by atoms with Crippen molar-refractivity contribution in [3.05, 3.63) is 94.6 Å². The first-order chi connectivity index (χ1) is 29.6. The third-order valence-electron chi connectivity index (χ3n) is 10.9. The Morgan fingerprint density at radius 3 is 2.39 bits per heavy atom. The molecule has 6 N–H and O–H groups in total. The summed E-state index contributed by atoms with van der Waals surface area (Å²) < 4.78 is 0. The lowest BCUT2D eigenvalue weighted by Crippen LogP contribution is -2.52. The van der Waals surface area contributed by atoms with Gasteiger partial charge in [0.15, 0.2) is 11.6 Å². The van der Waals surface area contributed by atoms with Gasteiger partial charge in [-0.25, -0.2) is 9.78 Å². The largest absolute Gasteiger partial charge is 0.368 e. The minimum Gasteiger partial charge on any atom is -0.368 e. The number of fused-ring (bicyclic) bond motifs is 1. The number of piperazine rings is 1. The molecule has 17 nitrogen and oxygen atoms in total. The van der Waals surface area contributed by atoms with Crippen LogP contribution in [0.2, 0.25) is 5.02 Å². The van der Waals surface area contributed by atoms with Crippen LogP contribution in [0.15, 0.2) is 72.9 Å². The molecule has 4 aromatic rings. The first kappa shape index (κ1) is 42.5. The summed E-state index contributed by atoms with van der Waals surface area (Å²) in [4.78, 5) is 90.3. The van der Waals surface area contributed by atoms with Gasteiger partial charge in [0.05, 0.1) is 23.5 Å². The van der Waals surface area contributed by atoms with Crippen LogP contribution in [0.5, 0.6) is 0 Å². The smallest absolute Gasteiger partial charge is 0.317 e. The van der Waals surface area contributed by atoms with Crippen molar-refractivity contribution in [1.29, 1.82) is 0 Å². The zero-order chi connectivity index (χ0) is 42.9. The molecule has 0 bridgehead atoms. The Morgan fingerprint density at radius 1 is 0.836 bits per heavy atom. The maximum atomic E-state index is 13.2. The van der Waals surface area contributed by atoms with Gasteiger partial charge in [-0.3, -0.25) is 24.0 Å². The predicted octanol–water partition coefficient (Wildman–Crippen LogP) is 4.46. The number of Topliss-reactive ketones (excluding diaryl/α,β-unsaturated/α-hetero) is 2. The number of aromatic nitrogens is 2. The normalized spacial score (nSPS) is 16.5. The fourth-order valence-electron chi connectivity index (χ4n) is 7.59. The van der Waals surface area contributed by atoms with Crippen LogP contribution in [0.25, 0.3) is 0 Å². The van der Waals surface area contributed by atoms with E-state index in [-0.39, 0.29) is 67.5 Å². The summed E-state index contributed by atoms with van der Waals surface area (Å²) in [6, 6.07) is 19.3. The van der Waals surface area contributed by atoms with Crippen LogP contribution in [-0.4, -0.2) is 114 Å². The molecular weight excluding hydrogens is 802 g/mol. The molecule has 0 spiro atoms. The zero-order valence-electron chi connectivity index (χ0n) is 33.8. The maximum Gasteiger partial charge on any atom is 0.317 e. The highest BCUT2D eigenvalue weighted by molar-refractivity contribution is 6.33. The number of para-hydroxylation sites is 1. The molecule has 1 saturated heterocycles. The van der Waals surface area contributed by atoms with Gasteiger partial charge in [0.1, 0.15) is 10.8 Å². The van der Waals surface area contributed by atoms with E-state index in [1.54, 1.807) is 48.3 Å². The van der Waals surface area contributed by atoms with E-state index in [1.165, 1.54) is 11.1 Å². The number of rotatable bonds is 14. The fourth-order valence-corrected chi connectivity index (χ4v) is 7.73. The molecule has 1 aromatic heterocycles. The molecule has 7 rings (SSSR count).